The zero-order chi connectivity index (χ0) is 38.6. The van der Waals surface area contributed by atoms with Gasteiger partial charge < -0.3 is 19.1 Å². The molecule has 1 atom stereocenters. The number of carbonyl (C=O) groups excluding carboxylic acids is 4. The molecule has 0 aliphatic rings. The Morgan fingerprint density at radius 1 is 0.566 bits per heavy atom. The van der Waals surface area contributed by atoms with Gasteiger partial charge in [0.15, 0.2) is 0 Å². The van der Waals surface area contributed by atoms with Crippen molar-refractivity contribution in [1.82, 2.24) is 4.90 Å². The van der Waals surface area contributed by atoms with E-state index in [1.54, 1.807) is 4.90 Å². The number of ether oxygens (including phenoxy) is 3. The van der Waals surface area contributed by atoms with Crippen LogP contribution in [0.3, 0.4) is 0 Å². The van der Waals surface area contributed by atoms with Crippen molar-refractivity contribution in [3.8, 4) is 0 Å². The van der Waals surface area contributed by atoms with Crippen molar-refractivity contribution in [2.75, 3.05) is 6.54 Å². The average Bonchev–Trinajstić information content (AvgIpc) is 3.14. The van der Waals surface area contributed by atoms with Crippen LogP contribution in [0.1, 0.15) is 167 Å². The summed E-state index contributed by atoms with van der Waals surface area (Å²) in [5.41, 5.74) is 1.22. The SMILES string of the molecule is CCCCCCCCCCCN(C(=O)CCCCCCCCCC(=O)OCc1ccccc1)[C@H](CCC(=O)OC(C)(C)C)C(=O)OCc1ccccc1. The molecule has 8 nitrogen and oxygen atoms in total. The normalized spacial score (nSPS) is 11.8. The summed E-state index contributed by atoms with van der Waals surface area (Å²) in [5, 5.41) is 0. The third kappa shape index (κ3) is 22.9. The van der Waals surface area contributed by atoms with Crippen LogP contribution in [0.5, 0.6) is 0 Å². The van der Waals surface area contributed by atoms with Gasteiger partial charge in [0.05, 0.1) is 0 Å². The second kappa shape index (κ2) is 27.9. The monoisotopic (exact) mass is 736 g/mol. The lowest BCUT2D eigenvalue weighted by atomic mass is 10.0. The Balaban J connectivity index is 1.89. The highest BCUT2D eigenvalue weighted by Crippen LogP contribution is 2.20. The van der Waals surface area contributed by atoms with Gasteiger partial charge in [-0.3, -0.25) is 14.4 Å². The van der Waals surface area contributed by atoms with Gasteiger partial charge in [0, 0.05) is 25.8 Å². The number of rotatable bonds is 29. The molecule has 0 saturated carbocycles. The van der Waals surface area contributed by atoms with Gasteiger partial charge in [-0.1, -0.05) is 151 Å². The van der Waals surface area contributed by atoms with E-state index < -0.39 is 23.6 Å². The van der Waals surface area contributed by atoms with Crippen molar-refractivity contribution >= 4 is 23.8 Å². The van der Waals surface area contributed by atoms with E-state index in [1.807, 2.05) is 81.4 Å². The molecule has 2 aromatic carbocycles. The van der Waals surface area contributed by atoms with Crippen LogP contribution in [-0.4, -0.2) is 46.9 Å². The minimum absolute atomic E-state index is 0.0225. The number of hydrogen-bond donors (Lipinski definition) is 0. The summed E-state index contributed by atoms with van der Waals surface area (Å²) in [4.78, 5) is 54.0. The maximum atomic E-state index is 13.8. The van der Waals surface area contributed by atoms with Crippen LogP contribution in [0.2, 0.25) is 0 Å². The van der Waals surface area contributed by atoms with Crippen LogP contribution in [0.15, 0.2) is 60.7 Å². The van der Waals surface area contributed by atoms with Crippen molar-refractivity contribution in [2.24, 2.45) is 0 Å². The van der Waals surface area contributed by atoms with Gasteiger partial charge >= 0.3 is 17.9 Å². The number of hydrogen-bond acceptors (Lipinski definition) is 7. The summed E-state index contributed by atoms with van der Waals surface area (Å²) in [5.74, 6) is -1.10. The van der Waals surface area contributed by atoms with E-state index in [9.17, 15) is 19.2 Å². The summed E-state index contributed by atoms with van der Waals surface area (Å²) in [6, 6.07) is 18.3. The topological polar surface area (TPSA) is 99.2 Å². The lowest BCUT2D eigenvalue weighted by Gasteiger charge is -2.31. The fourth-order valence-electron chi connectivity index (χ4n) is 6.30. The number of carbonyl (C=O) groups is 4. The standard InChI is InChI=1S/C45H69NO7/c1-5-6-7-8-9-10-14-17-26-35-46(40(33-34-43(49)53-45(2,3)4)44(50)52-37-39-29-22-19-23-30-39)41(47)31-24-15-12-11-13-16-25-32-42(48)51-36-38-27-20-18-21-28-38/h18-23,27-30,40H,5-17,24-26,31-37H2,1-4H3/t40-/m1/s1. The molecule has 0 aliphatic heterocycles. The first-order valence-corrected chi connectivity index (χ1v) is 20.5. The maximum absolute atomic E-state index is 13.8. The second-order valence-corrected chi connectivity index (χ2v) is 15.3. The summed E-state index contributed by atoms with van der Waals surface area (Å²) in [7, 11) is 0. The highest BCUT2D eigenvalue weighted by Gasteiger charge is 2.32. The van der Waals surface area contributed by atoms with Gasteiger partial charge in [0.25, 0.3) is 0 Å². The Morgan fingerprint density at radius 2 is 1.04 bits per heavy atom. The van der Waals surface area contributed by atoms with Gasteiger partial charge in [-0.25, -0.2) is 4.79 Å². The molecule has 2 aromatic rings. The molecule has 53 heavy (non-hydrogen) atoms. The molecule has 0 aliphatic carbocycles. The zero-order valence-electron chi connectivity index (χ0n) is 33.4. The molecule has 0 radical (unpaired) electrons. The predicted molar refractivity (Wildman–Crippen MR) is 212 cm³/mol. The van der Waals surface area contributed by atoms with Crippen molar-refractivity contribution in [3.63, 3.8) is 0 Å². The number of nitrogens with zero attached hydrogens (tertiary/aromatic N) is 1. The maximum Gasteiger partial charge on any atom is 0.329 e. The van der Waals surface area contributed by atoms with Gasteiger partial charge in [-0.05, 0) is 57.6 Å². The molecule has 0 aromatic heterocycles. The first kappa shape index (κ1) is 45.5. The molecule has 296 valence electrons. The molecule has 0 unspecified atom stereocenters. The summed E-state index contributed by atoms with van der Waals surface area (Å²) in [6.07, 6.45) is 17.8. The van der Waals surface area contributed by atoms with E-state index in [-0.39, 0.29) is 31.3 Å². The lowest BCUT2D eigenvalue weighted by Crippen LogP contribution is -2.46. The predicted octanol–water partition coefficient (Wildman–Crippen LogP) is 10.8. The Kier molecular flexibility index (Phi) is 23.9. The molecule has 1 amide bonds. The zero-order valence-corrected chi connectivity index (χ0v) is 33.4. The minimum atomic E-state index is -0.854. The number of esters is 3. The fraction of sp³-hybridized carbons (Fsp3) is 0.644. The smallest absolute Gasteiger partial charge is 0.329 e. The number of amides is 1. The molecule has 0 heterocycles. The van der Waals surface area contributed by atoms with E-state index in [0.29, 0.717) is 26.0 Å². The fourth-order valence-corrected chi connectivity index (χ4v) is 6.30. The molecule has 0 N–H and O–H groups in total. The molecule has 2 rings (SSSR count). The summed E-state index contributed by atoms with van der Waals surface area (Å²) >= 11 is 0. The third-order valence-corrected chi connectivity index (χ3v) is 9.25. The Bertz CT molecular complexity index is 1270. The molecule has 8 heteroatoms. The number of benzene rings is 2. The molecular formula is C45H69NO7. The summed E-state index contributed by atoms with van der Waals surface area (Å²) in [6.45, 7) is 8.57. The third-order valence-electron chi connectivity index (χ3n) is 9.25. The molecule has 0 fully saturated rings. The van der Waals surface area contributed by atoms with Crippen LogP contribution < -0.4 is 0 Å². The van der Waals surface area contributed by atoms with Gasteiger partial charge in [-0.2, -0.15) is 0 Å². The highest BCUT2D eigenvalue weighted by molar-refractivity contribution is 5.85. The molecular weight excluding hydrogens is 666 g/mol. The second-order valence-electron chi connectivity index (χ2n) is 15.3. The van der Waals surface area contributed by atoms with E-state index in [4.69, 9.17) is 14.2 Å². The largest absolute Gasteiger partial charge is 0.461 e. The van der Waals surface area contributed by atoms with E-state index in [0.717, 1.165) is 75.3 Å². The van der Waals surface area contributed by atoms with Crippen molar-refractivity contribution in [3.05, 3.63) is 71.8 Å². The quantitative estimate of drug-likeness (QED) is 0.0466. The van der Waals surface area contributed by atoms with Gasteiger partial charge in [0.2, 0.25) is 5.91 Å². The first-order valence-electron chi connectivity index (χ1n) is 20.5. The summed E-state index contributed by atoms with van der Waals surface area (Å²) < 4.78 is 16.7. The van der Waals surface area contributed by atoms with E-state index in [1.165, 1.54) is 38.5 Å². The van der Waals surface area contributed by atoms with Crippen LogP contribution in [0.25, 0.3) is 0 Å². The average molecular weight is 736 g/mol. The van der Waals surface area contributed by atoms with Gasteiger partial charge in [-0.15, -0.1) is 0 Å². The Labute approximate surface area is 320 Å². The van der Waals surface area contributed by atoms with Crippen LogP contribution in [0.4, 0.5) is 0 Å². The van der Waals surface area contributed by atoms with Crippen LogP contribution >= 0.6 is 0 Å². The van der Waals surface area contributed by atoms with Crippen molar-refractivity contribution < 1.29 is 33.4 Å². The molecule has 0 saturated heterocycles. The Morgan fingerprint density at radius 3 is 1.57 bits per heavy atom. The van der Waals surface area contributed by atoms with Gasteiger partial charge in [0.1, 0.15) is 24.9 Å². The van der Waals surface area contributed by atoms with E-state index >= 15 is 0 Å². The number of unbranched alkanes of at least 4 members (excludes halogenated alkanes) is 14. The van der Waals surface area contributed by atoms with Crippen molar-refractivity contribution in [1.29, 1.82) is 0 Å². The van der Waals surface area contributed by atoms with Crippen molar-refractivity contribution in [2.45, 2.75) is 181 Å². The van der Waals surface area contributed by atoms with E-state index in [2.05, 4.69) is 6.92 Å². The highest BCUT2D eigenvalue weighted by atomic mass is 16.6. The molecule has 0 bridgehead atoms. The first-order chi connectivity index (χ1) is 25.6. The Hall–Kier alpha value is -3.68. The lowest BCUT2D eigenvalue weighted by molar-refractivity contribution is -0.160. The van der Waals surface area contributed by atoms with Crippen LogP contribution in [0, 0.1) is 0 Å². The van der Waals surface area contributed by atoms with Crippen LogP contribution in [-0.2, 0) is 46.6 Å². The minimum Gasteiger partial charge on any atom is -0.461 e. The molecule has 0 spiro atoms.